The van der Waals surface area contributed by atoms with Crippen LogP contribution in [-0.2, 0) is 16.0 Å². The van der Waals surface area contributed by atoms with Crippen molar-refractivity contribution in [3.05, 3.63) is 63.6 Å². The molecule has 0 saturated heterocycles. The average molecular weight is 402 g/mol. The maximum absolute atomic E-state index is 12.2. The summed E-state index contributed by atoms with van der Waals surface area (Å²) in [4.78, 5) is 23.1. The first-order chi connectivity index (χ1) is 12.0. The number of hydrogen-bond acceptors (Lipinski definition) is 4. The molecule has 6 nitrogen and oxygen atoms in total. The summed E-state index contributed by atoms with van der Waals surface area (Å²) in [5, 5.41) is 6.81. The molecule has 0 saturated carbocycles. The Labute approximate surface area is 153 Å². The summed E-state index contributed by atoms with van der Waals surface area (Å²) in [5.74, 6) is -0.0833. The molecule has 25 heavy (non-hydrogen) atoms. The van der Waals surface area contributed by atoms with Crippen LogP contribution in [0.5, 0.6) is 0 Å². The van der Waals surface area contributed by atoms with Gasteiger partial charge in [-0.3, -0.25) is 4.79 Å². The van der Waals surface area contributed by atoms with Gasteiger partial charge in [0, 0.05) is 15.7 Å². The van der Waals surface area contributed by atoms with Crippen LogP contribution < -0.4 is 10.7 Å². The predicted octanol–water partition coefficient (Wildman–Crippen LogP) is 3.38. The number of carbonyl (C=O) groups excluding carboxylic acids is 2. The van der Waals surface area contributed by atoms with Crippen LogP contribution in [0.2, 0.25) is 0 Å². The molecule has 0 radical (unpaired) electrons. The molecule has 2 N–H and O–H groups in total. The highest BCUT2D eigenvalue weighted by atomic mass is 79.9. The van der Waals surface area contributed by atoms with E-state index in [0.717, 1.165) is 21.2 Å². The van der Waals surface area contributed by atoms with Crippen molar-refractivity contribution in [3.8, 4) is 0 Å². The number of carbonyl (C=O) groups is 2. The maximum atomic E-state index is 12.2. The second-order valence-corrected chi connectivity index (χ2v) is 6.49. The highest BCUT2D eigenvalue weighted by molar-refractivity contribution is 9.10. The third-order valence-electron chi connectivity index (χ3n) is 3.71. The molecular weight excluding hydrogens is 386 g/mol. The Hall–Kier alpha value is -2.67. The summed E-state index contributed by atoms with van der Waals surface area (Å²) in [6, 6.07) is 13.1. The van der Waals surface area contributed by atoms with Crippen molar-refractivity contribution in [2.45, 2.75) is 13.3 Å². The molecule has 1 heterocycles. The smallest absolute Gasteiger partial charge is 0.428 e. The van der Waals surface area contributed by atoms with E-state index >= 15 is 0 Å². The third kappa shape index (κ3) is 4.45. The van der Waals surface area contributed by atoms with Crippen molar-refractivity contribution in [2.75, 3.05) is 11.9 Å². The van der Waals surface area contributed by atoms with Gasteiger partial charge >= 0.3 is 6.09 Å². The van der Waals surface area contributed by atoms with E-state index in [-0.39, 0.29) is 12.5 Å². The zero-order chi connectivity index (χ0) is 17.8. The number of ether oxygens (including phenoxy) is 1. The summed E-state index contributed by atoms with van der Waals surface area (Å²) in [6.07, 6.45) is -0.251. The van der Waals surface area contributed by atoms with Crippen molar-refractivity contribution in [2.24, 2.45) is 5.10 Å². The Morgan fingerprint density at radius 3 is 2.68 bits per heavy atom. The van der Waals surface area contributed by atoms with Crippen LogP contribution in [0, 0.1) is 6.92 Å². The second kappa shape index (κ2) is 7.48. The molecule has 0 aliphatic carbocycles. The fourth-order valence-corrected chi connectivity index (χ4v) is 2.66. The van der Waals surface area contributed by atoms with Crippen LogP contribution in [0.25, 0.3) is 0 Å². The largest absolute Gasteiger partial charge is 0.442 e. The molecule has 2 aromatic rings. The van der Waals surface area contributed by atoms with E-state index in [1.165, 1.54) is 0 Å². The van der Waals surface area contributed by atoms with Crippen LogP contribution >= 0.6 is 15.9 Å². The number of nitrogens with one attached hydrogen (secondary N) is 2. The molecule has 1 aliphatic heterocycles. The van der Waals surface area contributed by atoms with Gasteiger partial charge in [0.15, 0.2) is 0 Å². The van der Waals surface area contributed by atoms with Gasteiger partial charge in [0.1, 0.15) is 12.3 Å². The van der Waals surface area contributed by atoms with Crippen molar-refractivity contribution < 1.29 is 14.3 Å². The number of hydrogen-bond donors (Lipinski definition) is 2. The van der Waals surface area contributed by atoms with Gasteiger partial charge in [-0.15, -0.1) is 0 Å². The maximum Gasteiger partial charge on any atom is 0.428 e. The van der Waals surface area contributed by atoms with Crippen LogP contribution in [0.15, 0.2) is 52.0 Å². The van der Waals surface area contributed by atoms with Gasteiger partial charge in [0.2, 0.25) is 5.91 Å². The quantitative estimate of drug-likeness (QED) is 0.823. The number of amides is 2. The molecule has 0 fully saturated rings. The monoisotopic (exact) mass is 401 g/mol. The first-order valence-electron chi connectivity index (χ1n) is 7.66. The van der Waals surface area contributed by atoms with Crippen molar-refractivity contribution in [3.63, 3.8) is 0 Å². The number of benzene rings is 2. The van der Waals surface area contributed by atoms with E-state index in [1.807, 2.05) is 37.3 Å². The molecule has 1 aliphatic rings. The third-order valence-corrected chi connectivity index (χ3v) is 4.60. The van der Waals surface area contributed by atoms with E-state index in [0.29, 0.717) is 17.8 Å². The summed E-state index contributed by atoms with van der Waals surface area (Å²) >= 11 is 3.45. The lowest BCUT2D eigenvalue weighted by Gasteiger charge is -2.13. The molecule has 0 unspecified atom stereocenters. The molecule has 0 aromatic heterocycles. The first kappa shape index (κ1) is 17.2. The van der Waals surface area contributed by atoms with E-state index in [4.69, 9.17) is 4.74 Å². The number of cyclic esters (lactones) is 1. The number of hydrazone groups is 1. The molecule has 0 atom stereocenters. The van der Waals surface area contributed by atoms with Crippen molar-refractivity contribution >= 4 is 39.3 Å². The minimum absolute atomic E-state index is 0.0833. The number of aryl methyl sites for hydroxylation is 1. The summed E-state index contributed by atoms with van der Waals surface area (Å²) < 4.78 is 5.90. The Bertz CT molecular complexity index is 847. The number of rotatable bonds is 4. The minimum atomic E-state index is -0.559. The fourth-order valence-electron chi connectivity index (χ4n) is 2.41. The van der Waals surface area contributed by atoms with E-state index in [9.17, 15) is 9.59 Å². The highest BCUT2D eigenvalue weighted by Gasteiger charge is 2.14. The van der Waals surface area contributed by atoms with E-state index in [2.05, 4.69) is 31.8 Å². The second-order valence-electron chi connectivity index (χ2n) is 5.63. The minimum Gasteiger partial charge on any atom is -0.442 e. The molecule has 2 amide bonds. The van der Waals surface area contributed by atoms with Gasteiger partial charge < -0.3 is 10.1 Å². The van der Waals surface area contributed by atoms with E-state index < -0.39 is 6.09 Å². The standard InChI is InChI=1S/C18H16BrN3O3/c1-11-8-12(2-7-15(11)19)9-17(23)20-14-5-3-13(4-6-14)16-10-25-18(24)22-21-16/h2-8H,9-10H2,1H3,(H,20,23)(H,22,24). The van der Waals surface area contributed by atoms with E-state index in [1.54, 1.807) is 12.1 Å². The summed E-state index contributed by atoms with van der Waals surface area (Å²) in [7, 11) is 0. The van der Waals surface area contributed by atoms with Crippen molar-refractivity contribution in [1.29, 1.82) is 0 Å². The number of anilines is 1. The Morgan fingerprint density at radius 2 is 2.04 bits per heavy atom. The number of halogens is 1. The lowest BCUT2D eigenvalue weighted by Crippen LogP contribution is -2.30. The van der Waals surface area contributed by atoms with Crippen LogP contribution in [-0.4, -0.2) is 24.3 Å². The summed E-state index contributed by atoms with van der Waals surface area (Å²) in [6.45, 7) is 2.12. The highest BCUT2D eigenvalue weighted by Crippen LogP contribution is 2.18. The zero-order valence-electron chi connectivity index (χ0n) is 13.5. The SMILES string of the molecule is Cc1cc(CC(=O)Nc2ccc(C3=NNC(=O)OC3)cc2)ccc1Br. The van der Waals surface area contributed by atoms with Crippen LogP contribution in [0.3, 0.4) is 0 Å². The topological polar surface area (TPSA) is 79.8 Å². The zero-order valence-corrected chi connectivity index (χ0v) is 15.1. The van der Waals surface area contributed by atoms with Gasteiger partial charge in [-0.05, 0) is 36.2 Å². The Kier molecular flexibility index (Phi) is 5.14. The normalized spacial score (nSPS) is 13.5. The molecule has 128 valence electrons. The van der Waals surface area contributed by atoms with Crippen molar-refractivity contribution in [1.82, 2.24) is 5.43 Å². The number of nitrogens with zero attached hydrogens (tertiary/aromatic N) is 1. The molecule has 3 rings (SSSR count). The molecular formula is C18H16BrN3O3. The predicted molar refractivity (Wildman–Crippen MR) is 98.7 cm³/mol. The molecule has 0 spiro atoms. The summed E-state index contributed by atoms with van der Waals surface area (Å²) in [5.41, 5.74) is 6.47. The fraction of sp³-hybridized carbons (Fsp3) is 0.167. The molecule has 2 aromatic carbocycles. The van der Waals surface area contributed by atoms with Crippen LogP contribution in [0.4, 0.5) is 10.5 Å². The van der Waals surface area contributed by atoms with Gasteiger partial charge in [-0.1, -0.05) is 40.2 Å². The van der Waals surface area contributed by atoms with Gasteiger partial charge in [0.25, 0.3) is 0 Å². The first-order valence-corrected chi connectivity index (χ1v) is 8.45. The van der Waals surface area contributed by atoms with Crippen LogP contribution in [0.1, 0.15) is 16.7 Å². The Morgan fingerprint density at radius 1 is 1.28 bits per heavy atom. The lowest BCUT2D eigenvalue weighted by molar-refractivity contribution is -0.115. The Balaban J connectivity index is 1.62. The van der Waals surface area contributed by atoms with Gasteiger partial charge in [-0.2, -0.15) is 5.10 Å². The van der Waals surface area contributed by atoms with Gasteiger partial charge in [-0.25, -0.2) is 10.2 Å². The average Bonchev–Trinajstić information content (AvgIpc) is 2.60. The molecule has 7 heteroatoms. The molecule has 0 bridgehead atoms. The lowest BCUT2D eigenvalue weighted by atomic mass is 10.1. The van der Waals surface area contributed by atoms with Gasteiger partial charge in [0.05, 0.1) is 6.42 Å².